The number of aryl methyl sites for hydroxylation is 1. The lowest BCUT2D eigenvalue weighted by Gasteiger charge is -2.18. The third-order valence-electron chi connectivity index (χ3n) is 4.13. The summed E-state index contributed by atoms with van der Waals surface area (Å²) in [4.78, 5) is 8.82. The molecule has 0 amide bonds. The molecule has 2 N–H and O–H groups in total. The summed E-state index contributed by atoms with van der Waals surface area (Å²) >= 11 is 0. The first-order valence-corrected chi connectivity index (χ1v) is 9.33. The lowest BCUT2D eigenvalue weighted by atomic mass is 10.1. The van der Waals surface area contributed by atoms with Gasteiger partial charge in [0.15, 0.2) is 0 Å². The predicted octanol–water partition coefficient (Wildman–Crippen LogP) is 2.33. The van der Waals surface area contributed by atoms with E-state index in [2.05, 4.69) is 20.6 Å². The SMILES string of the molecule is O=[PH](Oc1ccc2c(n1)CCNC2)Oc1ccc2c(n1)CCCN2. The maximum Gasteiger partial charge on any atom is 0.421 e. The van der Waals surface area contributed by atoms with Crippen LogP contribution >= 0.6 is 8.25 Å². The van der Waals surface area contributed by atoms with Crippen molar-refractivity contribution in [2.24, 2.45) is 0 Å². The zero-order valence-electron chi connectivity index (χ0n) is 13.2. The van der Waals surface area contributed by atoms with Crippen molar-refractivity contribution >= 4 is 13.9 Å². The predicted molar refractivity (Wildman–Crippen MR) is 91.0 cm³/mol. The van der Waals surface area contributed by atoms with Gasteiger partial charge < -0.3 is 19.7 Å². The van der Waals surface area contributed by atoms with Crippen molar-refractivity contribution < 1.29 is 13.6 Å². The van der Waals surface area contributed by atoms with Gasteiger partial charge in [-0.25, -0.2) is 14.5 Å². The number of fused-ring (bicyclic) bond motifs is 2. The molecule has 0 radical (unpaired) electrons. The van der Waals surface area contributed by atoms with E-state index in [4.69, 9.17) is 9.05 Å². The number of hydrogen-bond donors (Lipinski definition) is 2. The highest BCUT2D eigenvalue weighted by molar-refractivity contribution is 7.34. The quantitative estimate of drug-likeness (QED) is 0.822. The molecule has 0 saturated heterocycles. The van der Waals surface area contributed by atoms with Crippen LogP contribution in [0.25, 0.3) is 0 Å². The molecule has 2 aliphatic rings. The van der Waals surface area contributed by atoms with Crippen LogP contribution in [-0.4, -0.2) is 23.1 Å². The molecule has 4 rings (SSSR count). The Labute approximate surface area is 140 Å². The highest BCUT2D eigenvalue weighted by Gasteiger charge is 2.15. The van der Waals surface area contributed by atoms with Gasteiger partial charge in [-0.05, 0) is 24.5 Å². The van der Waals surface area contributed by atoms with Crippen LogP contribution in [0, 0.1) is 0 Å². The molecule has 2 aliphatic heterocycles. The lowest BCUT2D eigenvalue weighted by molar-refractivity contribution is 0.401. The molecular weight excluding hydrogens is 327 g/mol. The topological polar surface area (TPSA) is 85.4 Å². The molecule has 8 heteroatoms. The molecule has 0 aliphatic carbocycles. The van der Waals surface area contributed by atoms with Crippen molar-refractivity contribution in [1.29, 1.82) is 0 Å². The summed E-state index contributed by atoms with van der Waals surface area (Å²) in [6.45, 7) is 2.65. The van der Waals surface area contributed by atoms with E-state index < -0.39 is 8.25 Å². The molecule has 1 unspecified atom stereocenters. The monoisotopic (exact) mass is 346 g/mol. The molecular formula is C16H19N4O3P. The third-order valence-corrected chi connectivity index (χ3v) is 4.88. The number of anilines is 1. The number of pyridine rings is 2. The van der Waals surface area contributed by atoms with Crippen LogP contribution < -0.4 is 19.7 Å². The summed E-state index contributed by atoms with van der Waals surface area (Å²) in [7, 11) is -2.76. The van der Waals surface area contributed by atoms with Crippen LogP contribution in [0.5, 0.6) is 11.8 Å². The average Bonchev–Trinajstić information content (AvgIpc) is 2.61. The van der Waals surface area contributed by atoms with E-state index in [1.165, 1.54) is 0 Å². The number of aromatic nitrogens is 2. The van der Waals surface area contributed by atoms with E-state index in [0.717, 1.165) is 61.5 Å². The van der Waals surface area contributed by atoms with Crippen LogP contribution in [0.2, 0.25) is 0 Å². The molecule has 126 valence electrons. The molecule has 0 spiro atoms. The van der Waals surface area contributed by atoms with Gasteiger partial charge in [0, 0.05) is 38.2 Å². The summed E-state index contributed by atoms with van der Waals surface area (Å²) in [5.74, 6) is 0.655. The summed E-state index contributed by atoms with van der Waals surface area (Å²) in [5.41, 5.74) is 4.09. The molecule has 0 aromatic carbocycles. The first-order valence-electron chi connectivity index (χ1n) is 8.11. The number of nitrogens with zero attached hydrogens (tertiary/aromatic N) is 2. The van der Waals surface area contributed by atoms with Crippen molar-refractivity contribution in [2.45, 2.75) is 25.8 Å². The standard InChI is InChI=1S/C16H19N4O3P/c21-24(22-15-5-3-11-10-17-9-7-12(11)19-15)23-16-6-4-13-14(20-16)2-1-8-18-13/h3-6,17-18,24H,1-2,7-10H2. The van der Waals surface area contributed by atoms with Gasteiger partial charge in [0.25, 0.3) is 0 Å². The Morgan fingerprint density at radius 2 is 1.75 bits per heavy atom. The van der Waals surface area contributed by atoms with E-state index in [9.17, 15) is 4.57 Å². The van der Waals surface area contributed by atoms with E-state index in [1.54, 1.807) is 12.1 Å². The van der Waals surface area contributed by atoms with E-state index >= 15 is 0 Å². The van der Waals surface area contributed by atoms with Gasteiger partial charge in [-0.15, -0.1) is 0 Å². The second-order valence-corrected chi connectivity index (χ2v) is 6.72. The lowest BCUT2D eigenvalue weighted by Crippen LogP contribution is -2.24. The molecule has 24 heavy (non-hydrogen) atoms. The van der Waals surface area contributed by atoms with Gasteiger partial charge in [0.1, 0.15) is 0 Å². The van der Waals surface area contributed by atoms with Crippen LogP contribution in [0.3, 0.4) is 0 Å². The molecule has 1 atom stereocenters. The summed E-state index contributed by atoms with van der Waals surface area (Å²) < 4.78 is 22.9. The van der Waals surface area contributed by atoms with Crippen LogP contribution in [0.1, 0.15) is 23.4 Å². The van der Waals surface area contributed by atoms with Gasteiger partial charge in [-0.3, -0.25) is 0 Å². The van der Waals surface area contributed by atoms with Crippen molar-refractivity contribution in [2.75, 3.05) is 18.4 Å². The van der Waals surface area contributed by atoms with E-state index in [1.807, 2.05) is 12.1 Å². The average molecular weight is 346 g/mol. The molecule has 0 fully saturated rings. The molecule has 2 aromatic heterocycles. The van der Waals surface area contributed by atoms with Gasteiger partial charge in [-0.1, -0.05) is 6.07 Å². The minimum Gasteiger partial charge on any atom is -0.399 e. The Kier molecular flexibility index (Phi) is 4.36. The Hall–Kier alpha value is -2.11. The van der Waals surface area contributed by atoms with Crippen molar-refractivity contribution in [3.05, 3.63) is 41.2 Å². The normalized spacial score (nSPS) is 17.2. The Morgan fingerprint density at radius 3 is 2.62 bits per heavy atom. The Balaban J connectivity index is 1.43. The molecule has 2 aromatic rings. The minimum atomic E-state index is -2.76. The van der Waals surface area contributed by atoms with Gasteiger partial charge in [0.2, 0.25) is 11.8 Å². The van der Waals surface area contributed by atoms with Crippen molar-refractivity contribution in [3.8, 4) is 11.8 Å². The maximum absolute atomic E-state index is 12.2. The summed E-state index contributed by atoms with van der Waals surface area (Å²) in [6, 6.07) is 7.27. The second-order valence-electron chi connectivity index (χ2n) is 5.81. The zero-order chi connectivity index (χ0) is 16.4. The molecule has 7 nitrogen and oxygen atoms in total. The van der Waals surface area contributed by atoms with Crippen LogP contribution in [0.15, 0.2) is 24.3 Å². The molecule has 0 saturated carbocycles. The number of nitrogens with one attached hydrogen (secondary N) is 2. The maximum atomic E-state index is 12.2. The largest absolute Gasteiger partial charge is 0.421 e. The Morgan fingerprint density at radius 1 is 0.958 bits per heavy atom. The van der Waals surface area contributed by atoms with Gasteiger partial charge in [0.05, 0.1) is 17.1 Å². The van der Waals surface area contributed by atoms with Crippen molar-refractivity contribution in [1.82, 2.24) is 15.3 Å². The smallest absolute Gasteiger partial charge is 0.399 e. The van der Waals surface area contributed by atoms with E-state index in [-0.39, 0.29) is 0 Å². The zero-order valence-corrected chi connectivity index (χ0v) is 14.2. The molecule has 0 bridgehead atoms. The third kappa shape index (κ3) is 3.37. The fourth-order valence-corrected chi connectivity index (χ4v) is 3.54. The second kappa shape index (κ2) is 6.79. The van der Waals surface area contributed by atoms with Gasteiger partial charge >= 0.3 is 8.25 Å². The first-order chi connectivity index (χ1) is 11.8. The fraction of sp³-hybridized carbons (Fsp3) is 0.375. The highest BCUT2D eigenvalue weighted by Crippen LogP contribution is 2.31. The van der Waals surface area contributed by atoms with Crippen LogP contribution in [0.4, 0.5) is 5.69 Å². The number of hydrogen-bond acceptors (Lipinski definition) is 7. The van der Waals surface area contributed by atoms with Gasteiger partial charge in [-0.2, -0.15) is 0 Å². The van der Waals surface area contributed by atoms with E-state index in [0.29, 0.717) is 11.8 Å². The van der Waals surface area contributed by atoms with Crippen molar-refractivity contribution in [3.63, 3.8) is 0 Å². The minimum absolute atomic E-state index is 0.323. The highest BCUT2D eigenvalue weighted by atomic mass is 31.1. The molecule has 4 heterocycles. The summed E-state index contributed by atoms with van der Waals surface area (Å²) in [6.07, 6.45) is 2.76. The van der Waals surface area contributed by atoms with Crippen LogP contribution in [-0.2, 0) is 24.0 Å². The Bertz CT molecular complexity index is 720. The fourth-order valence-electron chi connectivity index (χ4n) is 2.93. The first kappa shape index (κ1) is 15.4. The summed E-state index contributed by atoms with van der Waals surface area (Å²) in [5, 5.41) is 6.56. The number of rotatable bonds is 4.